The molecule has 0 radical (unpaired) electrons. The molecule has 0 aromatic rings. The molecule has 4 aliphatic rings. The third-order valence-electron chi connectivity index (χ3n) is 9.60. The van der Waals surface area contributed by atoms with Gasteiger partial charge in [-0.3, -0.25) is 4.79 Å². The Balaban J connectivity index is 2.03. The van der Waals surface area contributed by atoms with E-state index in [1.54, 1.807) is 13.8 Å². The normalized spacial score (nSPS) is 51.9. The van der Waals surface area contributed by atoms with Crippen LogP contribution >= 0.6 is 0 Å². The first-order chi connectivity index (χ1) is 14.2. The van der Waals surface area contributed by atoms with Crippen LogP contribution in [0.1, 0.15) is 61.3 Å². The van der Waals surface area contributed by atoms with E-state index in [4.69, 9.17) is 9.47 Å². The van der Waals surface area contributed by atoms with Crippen LogP contribution in [0.25, 0.3) is 0 Å². The zero-order valence-corrected chi connectivity index (χ0v) is 19.7. The molecule has 0 amide bonds. The monoisotopic (exact) mass is 438 g/mol. The van der Waals surface area contributed by atoms with Crippen molar-refractivity contribution in [2.75, 3.05) is 6.61 Å². The smallest absolute Gasteiger partial charge is 0.303 e. The van der Waals surface area contributed by atoms with Gasteiger partial charge in [-0.05, 0) is 38.7 Å². The molecule has 3 aliphatic carbocycles. The zero-order chi connectivity index (χ0) is 23.3. The van der Waals surface area contributed by atoms with Gasteiger partial charge in [0, 0.05) is 36.0 Å². The molecule has 1 unspecified atom stereocenters. The van der Waals surface area contributed by atoms with Crippen LogP contribution in [-0.4, -0.2) is 68.6 Å². The minimum atomic E-state index is -1.22. The Hall–Kier alpha value is -0.990. The summed E-state index contributed by atoms with van der Waals surface area (Å²) in [6.07, 6.45) is -2.42. The maximum absolute atomic E-state index is 12.2. The van der Waals surface area contributed by atoms with Crippen LogP contribution in [-0.2, 0) is 14.3 Å². The SMILES string of the molecule is CC(=O)O[C@@]12CO[C@@H]1C[C@H](O)[C@]1(C)[C@@H]2[C@H](C)[C@]2(C(C)(C)O)CC(O)C(C)=C2[C@H](C)[C@@H]1O. The second-order valence-corrected chi connectivity index (χ2v) is 11.3. The van der Waals surface area contributed by atoms with Crippen LogP contribution in [0.3, 0.4) is 0 Å². The number of hydrogen-bond acceptors (Lipinski definition) is 7. The van der Waals surface area contributed by atoms with Gasteiger partial charge in [0.05, 0.1) is 30.5 Å². The number of fused-ring (bicyclic) bond motifs is 4. The summed E-state index contributed by atoms with van der Waals surface area (Å²) in [5.74, 6) is -1.63. The molecule has 4 N–H and O–H groups in total. The topological polar surface area (TPSA) is 116 Å². The summed E-state index contributed by atoms with van der Waals surface area (Å²) in [5.41, 5.74) is -2.42. The summed E-state index contributed by atoms with van der Waals surface area (Å²) in [4.78, 5) is 12.2. The molecule has 7 heteroatoms. The Bertz CT molecular complexity index is 815. The van der Waals surface area contributed by atoms with Gasteiger partial charge in [-0.25, -0.2) is 0 Å². The molecule has 10 atom stereocenters. The van der Waals surface area contributed by atoms with Gasteiger partial charge in [0.15, 0.2) is 5.60 Å². The quantitative estimate of drug-likeness (QED) is 0.382. The Kier molecular flexibility index (Phi) is 5.06. The molecular weight excluding hydrogens is 400 g/mol. The van der Waals surface area contributed by atoms with E-state index in [1.165, 1.54) is 6.92 Å². The van der Waals surface area contributed by atoms with Crippen molar-refractivity contribution < 1.29 is 34.7 Å². The maximum Gasteiger partial charge on any atom is 0.303 e. The molecule has 2 saturated carbocycles. The standard InChI is InChI=1S/C24H38O7/c1-11-15(26)9-23(21(5,6)29)13(3)19-22(7,20(28)12(2)18(11)23)16(27)8-17-24(19,10-30-17)31-14(4)25/h12-13,15-17,19-20,26-29H,8-10H2,1-7H3/t12-,13-,15?,16-,17+,19-,20-,22+,23+,24-/m0/s1. The van der Waals surface area contributed by atoms with Crippen LogP contribution < -0.4 is 0 Å². The van der Waals surface area contributed by atoms with Crippen molar-refractivity contribution in [2.45, 2.75) is 96.9 Å². The number of aliphatic hydroxyl groups is 4. The van der Waals surface area contributed by atoms with Gasteiger partial charge in [-0.2, -0.15) is 0 Å². The van der Waals surface area contributed by atoms with Gasteiger partial charge in [-0.1, -0.05) is 26.3 Å². The summed E-state index contributed by atoms with van der Waals surface area (Å²) >= 11 is 0. The third-order valence-corrected chi connectivity index (χ3v) is 9.60. The molecule has 176 valence electrons. The average Bonchev–Trinajstić information content (AvgIpc) is 2.90. The predicted molar refractivity (Wildman–Crippen MR) is 113 cm³/mol. The first-order valence-electron chi connectivity index (χ1n) is 11.4. The average molecular weight is 439 g/mol. The van der Waals surface area contributed by atoms with Crippen LogP contribution in [0.5, 0.6) is 0 Å². The van der Waals surface area contributed by atoms with Crippen molar-refractivity contribution in [3.05, 3.63) is 11.1 Å². The summed E-state index contributed by atoms with van der Waals surface area (Å²) in [6.45, 7) is 12.7. The Morgan fingerprint density at radius 1 is 1.23 bits per heavy atom. The van der Waals surface area contributed by atoms with E-state index < -0.39 is 64.3 Å². The molecule has 0 aromatic carbocycles. The van der Waals surface area contributed by atoms with Crippen molar-refractivity contribution in [3.63, 3.8) is 0 Å². The summed E-state index contributed by atoms with van der Waals surface area (Å²) in [7, 11) is 0. The minimum Gasteiger partial charge on any atom is -0.454 e. The highest BCUT2D eigenvalue weighted by molar-refractivity contribution is 5.67. The van der Waals surface area contributed by atoms with Gasteiger partial charge in [-0.15, -0.1) is 0 Å². The molecule has 7 nitrogen and oxygen atoms in total. The molecule has 3 fully saturated rings. The van der Waals surface area contributed by atoms with Crippen molar-refractivity contribution in [2.24, 2.45) is 28.6 Å². The van der Waals surface area contributed by atoms with Crippen LogP contribution in [0.2, 0.25) is 0 Å². The fraction of sp³-hybridized carbons (Fsp3) is 0.875. The van der Waals surface area contributed by atoms with Crippen LogP contribution in [0.15, 0.2) is 11.1 Å². The van der Waals surface area contributed by atoms with E-state index in [2.05, 4.69) is 0 Å². The van der Waals surface area contributed by atoms with E-state index >= 15 is 0 Å². The Labute approximate surface area is 184 Å². The van der Waals surface area contributed by atoms with Gasteiger partial charge in [0.1, 0.15) is 6.10 Å². The highest BCUT2D eigenvalue weighted by Crippen LogP contribution is 2.70. The Morgan fingerprint density at radius 3 is 2.32 bits per heavy atom. The van der Waals surface area contributed by atoms with Crippen molar-refractivity contribution in [1.82, 2.24) is 0 Å². The molecule has 4 rings (SSSR count). The zero-order valence-electron chi connectivity index (χ0n) is 19.7. The highest BCUT2D eigenvalue weighted by atomic mass is 16.6. The molecule has 1 heterocycles. The number of rotatable bonds is 2. The first kappa shape index (κ1) is 23.2. The lowest BCUT2D eigenvalue weighted by Crippen LogP contribution is -2.77. The lowest BCUT2D eigenvalue weighted by molar-refractivity contribution is -0.345. The third kappa shape index (κ3) is 2.61. The predicted octanol–water partition coefficient (Wildman–Crippen LogP) is 1.56. The maximum atomic E-state index is 12.2. The van der Waals surface area contributed by atoms with E-state index in [9.17, 15) is 25.2 Å². The largest absolute Gasteiger partial charge is 0.454 e. The number of aliphatic hydroxyl groups excluding tert-OH is 3. The Morgan fingerprint density at radius 2 is 1.84 bits per heavy atom. The van der Waals surface area contributed by atoms with Crippen LogP contribution in [0, 0.1) is 28.6 Å². The van der Waals surface area contributed by atoms with Gasteiger partial charge >= 0.3 is 5.97 Å². The second kappa shape index (κ2) is 6.76. The lowest BCUT2D eigenvalue weighted by Gasteiger charge is -2.65. The van der Waals surface area contributed by atoms with Gasteiger partial charge < -0.3 is 29.9 Å². The summed E-state index contributed by atoms with van der Waals surface area (Å²) in [5, 5.41) is 45.6. The summed E-state index contributed by atoms with van der Waals surface area (Å²) < 4.78 is 11.8. The van der Waals surface area contributed by atoms with Gasteiger partial charge in [0.2, 0.25) is 0 Å². The molecule has 31 heavy (non-hydrogen) atoms. The van der Waals surface area contributed by atoms with E-state index in [0.717, 1.165) is 11.1 Å². The number of carbonyl (C=O) groups excluding carboxylic acids is 1. The minimum absolute atomic E-state index is 0.193. The first-order valence-corrected chi connectivity index (χ1v) is 11.4. The fourth-order valence-electron chi connectivity index (χ4n) is 8.30. The summed E-state index contributed by atoms with van der Waals surface area (Å²) in [6, 6.07) is 0. The van der Waals surface area contributed by atoms with Crippen molar-refractivity contribution in [3.8, 4) is 0 Å². The number of hydrogen-bond donors (Lipinski definition) is 4. The number of ether oxygens (including phenoxy) is 2. The number of carbonyl (C=O) groups is 1. The molecule has 0 aromatic heterocycles. The molecular formula is C24H38O7. The van der Waals surface area contributed by atoms with Crippen molar-refractivity contribution in [1.29, 1.82) is 0 Å². The fourth-order valence-corrected chi connectivity index (χ4v) is 8.30. The second-order valence-electron chi connectivity index (χ2n) is 11.3. The molecule has 1 saturated heterocycles. The number of esters is 1. The van der Waals surface area contributed by atoms with E-state index in [0.29, 0.717) is 6.42 Å². The molecule has 1 aliphatic heterocycles. The van der Waals surface area contributed by atoms with E-state index in [1.807, 2.05) is 27.7 Å². The van der Waals surface area contributed by atoms with Crippen molar-refractivity contribution >= 4 is 5.97 Å². The highest BCUT2D eigenvalue weighted by Gasteiger charge is 2.76. The van der Waals surface area contributed by atoms with Crippen LogP contribution in [0.4, 0.5) is 0 Å². The van der Waals surface area contributed by atoms with Gasteiger partial charge in [0.25, 0.3) is 0 Å². The van der Waals surface area contributed by atoms with E-state index in [-0.39, 0.29) is 18.9 Å². The molecule has 0 spiro atoms. The lowest BCUT2D eigenvalue weighted by atomic mass is 9.47. The molecule has 0 bridgehead atoms.